The fraction of sp³-hybridized carbons (Fsp3) is 0.333. The highest BCUT2D eigenvalue weighted by molar-refractivity contribution is 9.10. The number of rotatable bonds is 4. The van der Waals surface area contributed by atoms with Gasteiger partial charge in [-0.05, 0) is 17.2 Å². The lowest BCUT2D eigenvalue weighted by atomic mass is 10.1. The summed E-state index contributed by atoms with van der Waals surface area (Å²) < 4.78 is 9.95. The number of hydrogen-bond acceptors (Lipinski definition) is 4. The molecule has 0 N–H and O–H groups in total. The molecule has 0 aliphatic carbocycles. The predicted octanol–water partition coefficient (Wildman–Crippen LogP) is 1.88. The maximum atomic E-state index is 11.1. The molecule has 0 saturated carbocycles. The fourth-order valence-corrected chi connectivity index (χ4v) is 1.88. The lowest BCUT2D eigenvalue weighted by Crippen LogP contribution is -2.07. The molecule has 0 amide bonds. The largest absolute Gasteiger partial charge is 0.469 e. The highest BCUT2D eigenvalue weighted by atomic mass is 79.9. The molecule has 92 valence electrons. The van der Waals surface area contributed by atoms with Crippen LogP contribution >= 0.6 is 15.9 Å². The predicted molar refractivity (Wildman–Crippen MR) is 65.6 cm³/mol. The number of esters is 2. The Bertz CT molecular complexity index is 429. The van der Waals surface area contributed by atoms with Crippen LogP contribution < -0.4 is 0 Å². The van der Waals surface area contributed by atoms with E-state index in [2.05, 4.69) is 25.4 Å². The van der Waals surface area contributed by atoms with Crippen molar-refractivity contribution in [2.45, 2.75) is 12.8 Å². The summed E-state index contributed by atoms with van der Waals surface area (Å²) in [6.07, 6.45) is 0.420. The van der Waals surface area contributed by atoms with Gasteiger partial charge in [0.25, 0.3) is 0 Å². The summed E-state index contributed by atoms with van der Waals surface area (Å²) in [6.45, 7) is 0. The molecule has 0 aliphatic heterocycles. The van der Waals surface area contributed by atoms with Gasteiger partial charge in [-0.3, -0.25) is 9.59 Å². The number of methoxy groups -OCH3 is 2. The zero-order chi connectivity index (χ0) is 12.8. The van der Waals surface area contributed by atoms with Gasteiger partial charge in [0.15, 0.2) is 0 Å². The van der Waals surface area contributed by atoms with E-state index < -0.39 is 0 Å². The molecule has 4 nitrogen and oxygen atoms in total. The fourth-order valence-electron chi connectivity index (χ4n) is 1.31. The lowest BCUT2D eigenvalue weighted by Gasteiger charge is -2.06. The van der Waals surface area contributed by atoms with Crippen LogP contribution in [0.15, 0.2) is 22.7 Å². The summed E-state index contributed by atoms with van der Waals surface area (Å²) in [4.78, 5) is 22.2. The van der Waals surface area contributed by atoms with E-state index in [1.807, 2.05) is 0 Å². The highest BCUT2D eigenvalue weighted by Gasteiger charge is 2.09. The number of benzene rings is 1. The number of carbonyl (C=O) groups is 2. The van der Waals surface area contributed by atoms with Gasteiger partial charge in [-0.15, -0.1) is 0 Å². The van der Waals surface area contributed by atoms with Crippen LogP contribution in [0.5, 0.6) is 0 Å². The molecule has 0 fully saturated rings. The second kappa shape index (κ2) is 6.39. The summed E-state index contributed by atoms with van der Waals surface area (Å²) in [5.41, 5.74) is 1.66. The summed E-state index contributed by atoms with van der Waals surface area (Å²) in [6, 6.07) is 5.38. The molecule has 0 saturated heterocycles. The van der Waals surface area contributed by atoms with E-state index in [0.717, 1.165) is 15.6 Å². The van der Waals surface area contributed by atoms with E-state index in [1.165, 1.54) is 14.2 Å². The van der Waals surface area contributed by atoms with E-state index in [1.54, 1.807) is 18.2 Å². The minimum Gasteiger partial charge on any atom is -0.469 e. The Morgan fingerprint density at radius 1 is 1.12 bits per heavy atom. The molecule has 0 aliphatic rings. The number of halogens is 1. The SMILES string of the molecule is COC(=O)Cc1ccc(CC(=O)OC)c(Br)c1. The molecular formula is C12H13BrO4. The lowest BCUT2D eigenvalue weighted by molar-refractivity contribution is -0.140. The smallest absolute Gasteiger partial charge is 0.310 e. The van der Waals surface area contributed by atoms with Crippen molar-refractivity contribution in [2.24, 2.45) is 0 Å². The highest BCUT2D eigenvalue weighted by Crippen LogP contribution is 2.20. The Labute approximate surface area is 108 Å². The first-order valence-corrected chi connectivity index (χ1v) is 5.77. The Morgan fingerprint density at radius 3 is 2.24 bits per heavy atom. The quantitative estimate of drug-likeness (QED) is 0.797. The van der Waals surface area contributed by atoms with Crippen LogP contribution in [0.3, 0.4) is 0 Å². The van der Waals surface area contributed by atoms with Gasteiger partial charge in [0, 0.05) is 4.47 Å². The van der Waals surface area contributed by atoms with Crippen LogP contribution in [0, 0.1) is 0 Å². The van der Waals surface area contributed by atoms with E-state index in [4.69, 9.17) is 0 Å². The molecular weight excluding hydrogens is 288 g/mol. The zero-order valence-corrected chi connectivity index (χ0v) is 11.2. The molecule has 1 aromatic carbocycles. The molecule has 1 aromatic rings. The Balaban J connectivity index is 2.79. The van der Waals surface area contributed by atoms with Gasteiger partial charge in [-0.25, -0.2) is 0 Å². The van der Waals surface area contributed by atoms with E-state index in [9.17, 15) is 9.59 Å². The third kappa shape index (κ3) is 4.19. The molecule has 0 bridgehead atoms. The van der Waals surface area contributed by atoms with Crippen molar-refractivity contribution in [1.82, 2.24) is 0 Å². The summed E-state index contributed by atoms with van der Waals surface area (Å²) in [5.74, 6) is -0.593. The number of ether oxygens (including phenoxy) is 2. The van der Waals surface area contributed by atoms with Crippen LogP contribution in [0.25, 0.3) is 0 Å². The Kier molecular flexibility index (Phi) is 5.15. The summed E-state index contributed by atoms with van der Waals surface area (Å²) in [7, 11) is 2.70. The zero-order valence-electron chi connectivity index (χ0n) is 9.66. The average molecular weight is 301 g/mol. The number of hydrogen-bond donors (Lipinski definition) is 0. The van der Waals surface area contributed by atoms with Crippen molar-refractivity contribution in [3.05, 3.63) is 33.8 Å². The third-order valence-corrected chi connectivity index (χ3v) is 2.99. The first-order valence-electron chi connectivity index (χ1n) is 4.97. The minimum atomic E-state index is -0.300. The van der Waals surface area contributed by atoms with Crippen molar-refractivity contribution < 1.29 is 19.1 Å². The van der Waals surface area contributed by atoms with Crippen molar-refractivity contribution in [1.29, 1.82) is 0 Å². The minimum absolute atomic E-state index is 0.204. The van der Waals surface area contributed by atoms with Crippen molar-refractivity contribution in [3.8, 4) is 0 Å². The molecule has 17 heavy (non-hydrogen) atoms. The van der Waals surface area contributed by atoms with E-state index in [-0.39, 0.29) is 24.8 Å². The molecule has 0 radical (unpaired) electrons. The third-order valence-electron chi connectivity index (χ3n) is 2.26. The summed E-state index contributed by atoms with van der Waals surface area (Å²) in [5, 5.41) is 0. The molecule has 0 atom stereocenters. The van der Waals surface area contributed by atoms with Gasteiger partial charge in [-0.1, -0.05) is 28.1 Å². The van der Waals surface area contributed by atoms with Gasteiger partial charge in [0.05, 0.1) is 27.1 Å². The monoisotopic (exact) mass is 300 g/mol. The number of carbonyl (C=O) groups excluding carboxylic acids is 2. The van der Waals surface area contributed by atoms with E-state index >= 15 is 0 Å². The maximum absolute atomic E-state index is 11.1. The van der Waals surface area contributed by atoms with Crippen LogP contribution in [0.4, 0.5) is 0 Å². The first kappa shape index (κ1) is 13.7. The van der Waals surface area contributed by atoms with Crippen molar-refractivity contribution >= 4 is 27.9 Å². The average Bonchev–Trinajstić information content (AvgIpc) is 2.32. The second-order valence-corrected chi connectivity index (χ2v) is 4.29. The van der Waals surface area contributed by atoms with Gasteiger partial charge < -0.3 is 9.47 Å². The first-order chi connectivity index (χ1) is 8.06. The Morgan fingerprint density at radius 2 is 1.71 bits per heavy atom. The van der Waals surface area contributed by atoms with Crippen LogP contribution in [-0.4, -0.2) is 26.2 Å². The van der Waals surface area contributed by atoms with Crippen molar-refractivity contribution in [3.63, 3.8) is 0 Å². The molecule has 0 spiro atoms. The van der Waals surface area contributed by atoms with Crippen molar-refractivity contribution in [2.75, 3.05) is 14.2 Å². The standard InChI is InChI=1S/C12H13BrO4/c1-16-11(14)6-8-3-4-9(10(13)5-8)7-12(15)17-2/h3-5H,6-7H2,1-2H3. The second-order valence-electron chi connectivity index (χ2n) is 3.43. The van der Waals surface area contributed by atoms with Crippen LogP contribution in [0.1, 0.15) is 11.1 Å². The Hall–Kier alpha value is -1.36. The molecule has 5 heteroatoms. The van der Waals surface area contributed by atoms with Gasteiger partial charge in [0.1, 0.15) is 0 Å². The van der Waals surface area contributed by atoms with Crippen LogP contribution in [0.2, 0.25) is 0 Å². The molecule has 0 unspecified atom stereocenters. The van der Waals surface area contributed by atoms with Crippen LogP contribution in [-0.2, 0) is 31.9 Å². The van der Waals surface area contributed by atoms with Gasteiger partial charge in [-0.2, -0.15) is 0 Å². The topological polar surface area (TPSA) is 52.6 Å². The molecule has 0 aromatic heterocycles. The van der Waals surface area contributed by atoms with Gasteiger partial charge in [0.2, 0.25) is 0 Å². The summed E-state index contributed by atoms with van der Waals surface area (Å²) >= 11 is 3.36. The molecule has 1 rings (SSSR count). The normalized spacial score (nSPS) is 9.82. The maximum Gasteiger partial charge on any atom is 0.310 e. The van der Waals surface area contributed by atoms with E-state index in [0.29, 0.717) is 0 Å². The molecule has 0 heterocycles. The van der Waals surface area contributed by atoms with Gasteiger partial charge >= 0.3 is 11.9 Å².